The Bertz CT molecular complexity index is 108. The minimum absolute atomic E-state index is 0.136. The predicted molar refractivity (Wildman–Crippen MR) is 26.9 cm³/mol. The van der Waals surface area contributed by atoms with Gasteiger partial charge in [-0.1, -0.05) is 0 Å². The van der Waals surface area contributed by atoms with Crippen molar-refractivity contribution in [3.8, 4) is 0 Å². The molecule has 0 aliphatic carbocycles. The molecular weight excluding hydrogens is 127 g/mol. The first-order valence-electron chi connectivity index (χ1n) is 2.66. The van der Waals surface area contributed by atoms with Crippen LogP contribution in [0.2, 0.25) is 0 Å². The van der Waals surface area contributed by atoms with Crippen molar-refractivity contribution in [2.75, 3.05) is 6.61 Å². The Morgan fingerprint density at radius 2 is 2.56 bits per heavy atom. The summed E-state index contributed by atoms with van der Waals surface area (Å²) < 4.78 is 17.0. The Hall–Kier alpha value is -0.190. The standard InChI is InChI=1S/C5H8FO3/c6-5(3-7)4(8)1-2-9-5/h2,4,7-8H,1,3H2. The molecule has 1 aliphatic rings. The number of halogens is 1. The number of alkyl halides is 1. The first-order valence-corrected chi connectivity index (χ1v) is 2.66. The van der Waals surface area contributed by atoms with Crippen LogP contribution in [-0.2, 0) is 4.74 Å². The largest absolute Gasteiger partial charge is 0.390 e. The lowest BCUT2D eigenvalue weighted by molar-refractivity contribution is -0.169. The fourth-order valence-corrected chi connectivity index (χ4v) is 0.675. The summed E-state index contributed by atoms with van der Waals surface area (Å²) >= 11 is 0. The zero-order valence-electron chi connectivity index (χ0n) is 4.75. The average Bonchev–Trinajstić information content (AvgIpc) is 2.15. The normalized spacial score (nSPS) is 43.7. The van der Waals surface area contributed by atoms with E-state index in [2.05, 4.69) is 4.74 Å². The van der Waals surface area contributed by atoms with E-state index in [1.165, 1.54) is 0 Å². The van der Waals surface area contributed by atoms with Crippen LogP contribution in [0.3, 0.4) is 0 Å². The van der Waals surface area contributed by atoms with Crippen molar-refractivity contribution in [2.45, 2.75) is 18.4 Å². The molecule has 0 aromatic heterocycles. The zero-order chi connectivity index (χ0) is 6.91. The molecule has 4 heteroatoms. The van der Waals surface area contributed by atoms with Crippen LogP contribution in [0.4, 0.5) is 4.39 Å². The first-order chi connectivity index (χ1) is 4.19. The summed E-state index contributed by atoms with van der Waals surface area (Å²) in [7, 11) is 0. The van der Waals surface area contributed by atoms with Crippen molar-refractivity contribution in [1.29, 1.82) is 0 Å². The van der Waals surface area contributed by atoms with Gasteiger partial charge in [-0.25, -0.2) is 4.39 Å². The van der Waals surface area contributed by atoms with Crippen molar-refractivity contribution in [3.05, 3.63) is 6.61 Å². The van der Waals surface area contributed by atoms with Gasteiger partial charge in [0, 0.05) is 6.42 Å². The Morgan fingerprint density at radius 3 is 2.78 bits per heavy atom. The summed E-state index contributed by atoms with van der Waals surface area (Å²) in [5.74, 6) is -2.25. The number of hydrogen-bond acceptors (Lipinski definition) is 3. The summed E-state index contributed by atoms with van der Waals surface area (Å²) in [5, 5.41) is 17.1. The van der Waals surface area contributed by atoms with Gasteiger partial charge >= 0.3 is 0 Å². The molecule has 1 rings (SSSR count). The molecule has 2 N–H and O–H groups in total. The van der Waals surface area contributed by atoms with Gasteiger partial charge in [0.1, 0.15) is 12.7 Å². The zero-order valence-corrected chi connectivity index (χ0v) is 4.75. The third-order valence-electron chi connectivity index (χ3n) is 1.31. The van der Waals surface area contributed by atoms with Gasteiger partial charge in [-0.2, -0.15) is 0 Å². The summed E-state index contributed by atoms with van der Waals surface area (Å²) in [6.45, 7) is 0.353. The van der Waals surface area contributed by atoms with E-state index >= 15 is 0 Å². The fourth-order valence-electron chi connectivity index (χ4n) is 0.675. The van der Waals surface area contributed by atoms with Crippen molar-refractivity contribution in [2.24, 2.45) is 0 Å². The van der Waals surface area contributed by atoms with Gasteiger partial charge in [0.25, 0.3) is 5.85 Å². The van der Waals surface area contributed by atoms with Crippen LogP contribution in [0.1, 0.15) is 6.42 Å². The second kappa shape index (κ2) is 2.21. The maximum Gasteiger partial charge on any atom is 0.259 e. The van der Waals surface area contributed by atoms with Gasteiger partial charge in [-0.05, 0) is 0 Å². The number of aliphatic hydroxyl groups is 2. The van der Waals surface area contributed by atoms with E-state index in [0.29, 0.717) is 0 Å². The summed E-state index contributed by atoms with van der Waals surface area (Å²) in [4.78, 5) is 0. The average molecular weight is 135 g/mol. The van der Waals surface area contributed by atoms with E-state index in [0.717, 1.165) is 6.61 Å². The highest BCUT2D eigenvalue weighted by atomic mass is 19.2. The minimum Gasteiger partial charge on any atom is -0.390 e. The van der Waals surface area contributed by atoms with Crippen LogP contribution in [-0.4, -0.2) is 28.8 Å². The SMILES string of the molecule is OCC1(F)O[CH]CC1O. The van der Waals surface area contributed by atoms with Crippen LogP contribution in [0.15, 0.2) is 0 Å². The second-order valence-electron chi connectivity index (χ2n) is 1.98. The van der Waals surface area contributed by atoms with Gasteiger partial charge < -0.3 is 14.9 Å². The lowest BCUT2D eigenvalue weighted by atomic mass is 10.2. The molecular formula is C5H8FO3. The van der Waals surface area contributed by atoms with Crippen LogP contribution in [0, 0.1) is 6.61 Å². The van der Waals surface area contributed by atoms with Crippen molar-refractivity contribution in [3.63, 3.8) is 0 Å². The van der Waals surface area contributed by atoms with E-state index in [9.17, 15) is 4.39 Å². The lowest BCUT2D eigenvalue weighted by Crippen LogP contribution is -2.37. The molecule has 53 valence electrons. The van der Waals surface area contributed by atoms with E-state index in [1.54, 1.807) is 0 Å². The summed E-state index contributed by atoms with van der Waals surface area (Å²) in [5.41, 5.74) is 0. The number of hydrogen-bond donors (Lipinski definition) is 2. The van der Waals surface area contributed by atoms with Gasteiger partial charge in [0.05, 0.1) is 6.61 Å². The van der Waals surface area contributed by atoms with Gasteiger partial charge in [0.15, 0.2) is 0 Å². The summed E-state index contributed by atoms with van der Waals surface area (Å²) in [6.07, 6.45) is -1.08. The molecule has 0 bridgehead atoms. The molecule has 0 spiro atoms. The van der Waals surface area contributed by atoms with Crippen molar-refractivity contribution >= 4 is 0 Å². The van der Waals surface area contributed by atoms with Gasteiger partial charge in [0.2, 0.25) is 0 Å². The molecule has 0 aromatic rings. The Kier molecular flexibility index (Phi) is 1.70. The third kappa shape index (κ3) is 1.05. The maximum atomic E-state index is 12.7. The summed E-state index contributed by atoms with van der Waals surface area (Å²) in [6, 6.07) is 0. The van der Waals surface area contributed by atoms with E-state index in [1.807, 2.05) is 0 Å². The smallest absolute Gasteiger partial charge is 0.259 e. The lowest BCUT2D eigenvalue weighted by Gasteiger charge is -2.18. The Balaban J connectivity index is 2.56. The molecule has 1 fully saturated rings. The topological polar surface area (TPSA) is 49.7 Å². The van der Waals surface area contributed by atoms with Crippen molar-refractivity contribution in [1.82, 2.24) is 0 Å². The quantitative estimate of drug-likeness (QED) is 0.513. The highest BCUT2D eigenvalue weighted by Gasteiger charge is 2.43. The van der Waals surface area contributed by atoms with Crippen LogP contribution in [0.25, 0.3) is 0 Å². The van der Waals surface area contributed by atoms with Gasteiger partial charge in [-0.15, -0.1) is 0 Å². The molecule has 2 atom stereocenters. The monoisotopic (exact) mass is 135 g/mol. The molecule has 2 unspecified atom stereocenters. The highest BCUT2D eigenvalue weighted by molar-refractivity contribution is 4.87. The molecule has 1 aliphatic heterocycles. The van der Waals surface area contributed by atoms with Crippen LogP contribution >= 0.6 is 0 Å². The fraction of sp³-hybridized carbons (Fsp3) is 0.800. The molecule has 1 saturated heterocycles. The molecule has 9 heavy (non-hydrogen) atoms. The first kappa shape index (κ1) is 6.92. The van der Waals surface area contributed by atoms with Crippen LogP contribution in [0.5, 0.6) is 0 Å². The minimum atomic E-state index is -2.25. The highest BCUT2D eigenvalue weighted by Crippen LogP contribution is 2.29. The molecule has 1 radical (unpaired) electrons. The molecule has 0 saturated carbocycles. The van der Waals surface area contributed by atoms with Crippen LogP contribution < -0.4 is 0 Å². The molecule has 1 heterocycles. The number of aliphatic hydroxyl groups excluding tert-OH is 2. The Morgan fingerprint density at radius 1 is 1.89 bits per heavy atom. The Labute approximate surface area is 52.1 Å². The molecule has 0 aromatic carbocycles. The van der Waals surface area contributed by atoms with Crippen molar-refractivity contribution < 1.29 is 19.3 Å². The molecule has 3 nitrogen and oxygen atoms in total. The maximum absolute atomic E-state index is 12.7. The van der Waals surface area contributed by atoms with Gasteiger partial charge in [-0.3, -0.25) is 0 Å². The van der Waals surface area contributed by atoms with E-state index < -0.39 is 18.6 Å². The van der Waals surface area contributed by atoms with E-state index in [-0.39, 0.29) is 6.42 Å². The second-order valence-corrected chi connectivity index (χ2v) is 1.98. The third-order valence-corrected chi connectivity index (χ3v) is 1.31. The molecule has 0 amide bonds. The van der Waals surface area contributed by atoms with E-state index in [4.69, 9.17) is 10.2 Å². The number of rotatable bonds is 1. The number of ether oxygens (including phenoxy) is 1. The predicted octanol–water partition coefficient (Wildman–Crippen LogP) is -0.413.